The molecule has 0 aliphatic heterocycles. The monoisotopic (exact) mass is 267 g/mol. The first-order valence-corrected chi connectivity index (χ1v) is 6.54. The van der Waals surface area contributed by atoms with Gasteiger partial charge in [-0.25, -0.2) is 0 Å². The van der Waals surface area contributed by atoms with Crippen molar-refractivity contribution in [2.75, 3.05) is 11.4 Å². The summed E-state index contributed by atoms with van der Waals surface area (Å²) in [5.74, 6) is 0.0442. The molecule has 0 aliphatic rings. The van der Waals surface area contributed by atoms with E-state index in [0.29, 0.717) is 12.2 Å². The molecule has 0 heterocycles. The van der Waals surface area contributed by atoms with E-state index < -0.39 is 0 Å². The van der Waals surface area contributed by atoms with Crippen LogP contribution in [-0.4, -0.2) is 17.6 Å². The fourth-order valence-electron chi connectivity index (χ4n) is 1.95. The molecule has 0 fully saturated rings. The topological polar surface area (TPSA) is 40.5 Å². The zero-order chi connectivity index (χ0) is 14.4. The predicted molar refractivity (Wildman–Crippen MR) is 81.6 cm³/mol. The van der Waals surface area contributed by atoms with Crippen molar-refractivity contribution in [1.29, 1.82) is 0 Å². The highest BCUT2D eigenvalue weighted by molar-refractivity contribution is 6.03. The number of phenolic OH excluding ortho intramolecular Hbond substituents is 1. The summed E-state index contributed by atoms with van der Waals surface area (Å²) in [6, 6.07) is 16.4. The summed E-state index contributed by atoms with van der Waals surface area (Å²) in [4.78, 5) is 13.8. The average Bonchev–Trinajstić information content (AvgIpc) is 2.47. The van der Waals surface area contributed by atoms with Crippen LogP contribution in [0.4, 0.5) is 5.69 Å². The van der Waals surface area contributed by atoms with E-state index in [9.17, 15) is 9.90 Å². The molecule has 0 radical (unpaired) electrons. The van der Waals surface area contributed by atoms with E-state index in [1.54, 1.807) is 41.3 Å². The van der Waals surface area contributed by atoms with Crippen LogP contribution in [-0.2, 0) is 4.79 Å². The quantitative estimate of drug-likeness (QED) is 0.862. The normalized spacial score (nSPS) is 10.7. The third-order valence-electron chi connectivity index (χ3n) is 2.94. The Labute approximate surface area is 118 Å². The molecule has 102 valence electrons. The summed E-state index contributed by atoms with van der Waals surface area (Å²) in [5.41, 5.74) is 1.67. The molecule has 1 N–H and O–H groups in total. The van der Waals surface area contributed by atoms with E-state index >= 15 is 0 Å². The summed E-state index contributed by atoms with van der Waals surface area (Å²) in [7, 11) is 0. The lowest BCUT2D eigenvalue weighted by atomic mass is 10.2. The second-order valence-electron chi connectivity index (χ2n) is 4.35. The van der Waals surface area contributed by atoms with Gasteiger partial charge in [-0.15, -0.1) is 0 Å². The van der Waals surface area contributed by atoms with Crippen LogP contribution in [0, 0.1) is 0 Å². The Hall–Kier alpha value is -2.55. The van der Waals surface area contributed by atoms with Crippen LogP contribution in [0.3, 0.4) is 0 Å². The minimum absolute atomic E-state index is 0.109. The maximum atomic E-state index is 12.2. The summed E-state index contributed by atoms with van der Waals surface area (Å²) in [6.07, 6.45) is 3.33. The van der Waals surface area contributed by atoms with Gasteiger partial charge >= 0.3 is 0 Å². The SMILES string of the molecule is CCN(C(=O)/C=C/c1ccccc1)c1cccc(O)c1. The summed E-state index contributed by atoms with van der Waals surface area (Å²) < 4.78 is 0. The molecule has 1 amide bonds. The molecule has 0 saturated heterocycles. The van der Waals surface area contributed by atoms with Crippen LogP contribution in [0.15, 0.2) is 60.7 Å². The Morgan fingerprint density at radius 2 is 1.90 bits per heavy atom. The van der Waals surface area contributed by atoms with Crippen molar-refractivity contribution in [3.63, 3.8) is 0 Å². The third-order valence-corrected chi connectivity index (χ3v) is 2.94. The standard InChI is InChI=1S/C17H17NO2/c1-2-18(15-9-6-10-16(19)13-15)17(20)12-11-14-7-4-3-5-8-14/h3-13,19H,2H2,1H3/b12-11+. The largest absolute Gasteiger partial charge is 0.508 e. The number of rotatable bonds is 4. The molecule has 3 heteroatoms. The Morgan fingerprint density at radius 3 is 2.55 bits per heavy atom. The first-order chi connectivity index (χ1) is 9.70. The number of nitrogens with zero attached hydrogens (tertiary/aromatic N) is 1. The highest BCUT2D eigenvalue weighted by atomic mass is 16.3. The number of benzene rings is 2. The lowest BCUT2D eigenvalue weighted by Crippen LogP contribution is -2.28. The number of amides is 1. The van der Waals surface area contributed by atoms with Crippen molar-refractivity contribution in [1.82, 2.24) is 0 Å². The fraction of sp³-hybridized carbons (Fsp3) is 0.118. The van der Waals surface area contributed by atoms with Crippen molar-refractivity contribution in [3.8, 4) is 5.75 Å². The van der Waals surface area contributed by atoms with Gasteiger partial charge in [0.1, 0.15) is 5.75 Å². The maximum absolute atomic E-state index is 12.2. The molecule has 3 nitrogen and oxygen atoms in total. The Balaban J connectivity index is 2.16. The van der Waals surface area contributed by atoms with Crippen molar-refractivity contribution in [2.24, 2.45) is 0 Å². The average molecular weight is 267 g/mol. The van der Waals surface area contributed by atoms with Gasteiger partial charge in [0.15, 0.2) is 0 Å². The number of hydrogen-bond donors (Lipinski definition) is 1. The number of likely N-dealkylation sites (N-methyl/N-ethyl adjacent to an activating group) is 1. The Bertz CT molecular complexity index is 605. The molecule has 0 bridgehead atoms. The minimum Gasteiger partial charge on any atom is -0.508 e. The fourth-order valence-corrected chi connectivity index (χ4v) is 1.95. The first kappa shape index (κ1) is 13.9. The van der Waals surface area contributed by atoms with Crippen molar-refractivity contribution in [3.05, 3.63) is 66.2 Å². The van der Waals surface area contributed by atoms with Gasteiger partial charge in [0.05, 0.1) is 0 Å². The van der Waals surface area contributed by atoms with Crippen LogP contribution in [0.5, 0.6) is 5.75 Å². The Kier molecular flexibility index (Phi) is 4.56. The number of anilines is 1. The Morgan fingerprint density at radius 1 is 1.15 bits per heavy atom. The van der Waals surface area contributed by atoms with Gasteiger partial charge in [-0.05, 0) is 30.7 Å². The molecule has 0 saturated carbocycles. The van der Waals surface area contributed by atoms with Crippen LogP contribution in [0.2, 0.25) is 0 Å². The molecule has 0 unspecified atom stereocenters. The van der Waals surface area contributed by atoms with E-state index in [0.717, 1.165) is 5.56 Å². The zero-order valence-corrected chi connectivity index (χ0v) is 11.4. The number of hydrogen-bond acceptors (Lipinski definition) is 2. The molecule has 0 aliphatic carbocycles. The molecule has 0 spiro atoms. The molecule has 0 atom stereocenters. The predicted octanol–water partition coefficient (Wildman–Crippen LogP) is 3.46. The van der Waals surface area contributed by atoms with Crippen LogP contribution in [0.25, 0.3) is 6.08 Å². The smallest absolute Gasteiger partial charge is 0.250 e. The molecule has 2 aromatic carbocycles. The maximum Gasteiger partial charge on any atom is 0.250 e. The number of carbonyl (C=O) groups excluding carboxylic acids is 1. The van der Waals surface area contributed by atoms with Crippen molar-refractivity contribution in [2.45, 2.75) is 6.92 Å². The second kappa shape index (κ2) is 6.57. The lowest BCUT2D eigenvalue weighted by Gasteiger charge is -2.19. The van der Waals surface area contributed by atoms with E-state index in [1.165, 1.54) is 0 Å². The second-order valence-corrected chi connectivity index (χ2v) is 4.35. The lowest BCUT2D eigenvalue weighted by molar-refractivity contribution is -0.114. The number of carbonyl (C=O) groups is 1. The van der Waals surface area contributed by atoms with Gasteiger partial charge in [-0.2, -0.15) is 0 Å². The zero-order valence-electron chi connectivity index (χ0n) is 11.4. The molecule has 0 aromatic heterocycles. The molecule has 2 rings (SSSR count). The molecular formula is C17H17NO2. The van der Waals surface area contributed by atoms with E-state index in [4.69, 9.17) is 0 Å². The molecule has 20 heavy (non-hydrogen) atoms. The van der Waals surface area contributed by atoms with Gasteiger partial charge in [-0.3, -0.25) is 4.79 Å². The van der Waals surface area contributed by atoms with Crippen LogP contribution < -0.4 is 4.90 Å². The highest BCUT2D eigenvalue weighted by Gasteiger charge is 2.11. The van der Waals surface area contributed by atoms with Crippen LogP contribution in [0.1, 0.15) is 12.5 Å². The van der Waals surface area contributed by atoms with E-state index in [-0.39, 0.29) is 11.7 Å². The minimum atomic E-state index is -0.109. The van der Waals surface area contributed by atoms with Gasteiger partial charge in [0.2, 0.25) is 0 Å². The number of phenols is 1. The third kappa shape index (κ3) is 3.48. The van der Waals surface area contributed by atoms with E-state index in [2.05, 4.69) is 0 Å². The first-order valence-electron chi connectivity index (χ1n) is 6.54. The summed E-state index contributed by atoms with van der Waals surface area (Å²) in [6.45, 7) is 2.44. The van der Waals surface area contributed by atoms with Gasteiger partial charge in [0.25, 0.3) is 5.91 Å². The number of aromatic hydroxyl groups is 1. The summed E-state index contributed by atoms with van der Waals surface area (Å²) in [5, 5.41) is 9.49. The van der Waals surface area contributed by atoms with Crippen molar-refractivity contribution >= 4 is 17.7 Å². The molecular weight excluding hydrogens is 250 g/mol. The van der Waals surface area contributed by atoms with Gasteiger partial charge in [-0.1, -0.05) is 36.4 Å². The van der Waals surface area contributed by atoms with Crippen LogP contribution >= 0.6 is 0 Å². The summed E-state index contributed by atoms with van der Waals surface area (Å²) >= 11 is 0. The molecule has 2 aromatic rings. The van der Waals surface area contributed by atoms with Gasteiger partial charge in [0, 0.05) is 24.4 Å². The van der Waals surface area contributed by atoms with E-state index in [1.807, 2.05) is 37.3 Å². The van der Waals surface area contributed by atoms with Crippen molar-refractivity contribution < 1.29 is 9.90 Å². The highest BCUT2D eigenvalue weighted by Crippen LogP contribution is 2.20. The van der Waals surface area contributed by atoms with Gasteiger partial charge < -0.3 is 10.0 Å².